The zero-order valence-corrected chi connectivity index (χ0v) is 55.8. The second kappa shape index (κ2) is 21.0. The lowest BCUT2D eigenvalue weighted by Crippen LogP contribution is -2.31. The summed E-state index contributed by atoms with van der Waals surface area (Å²) in [5.74, 6) is 0. The predicted molar refractivity (Wildman–Crippen MR) is 425 cm³/mol. The number of rotatable bonds is 8. The van der Waals surface area contributed by atoms with Crippen molar-refractivity contribution < 1.29 is 35.3 Å². The zero-order chi connectivity index (χ0) is 68.3. The van der Waals surface area contributed by atoms with Crippen LogP contribution in [0.5, 0.6) is 0 Å². The molecule has 0 aliphatic heterocycles. The minimum absolute atomic E-state index is 0.725. The van der Waals surface area contributed by atoms with E-state index in [1.807, 2.05) is 0 Å². The second-order valence-electron chi connectivity index (χ2n) is 28.1. The van der Waals surface area contributed by atoms with Crippen LogP contribution in [0.3, 0.4) is 0 Å². The van der Waals surface area contributed by atoms with Crippen LogP contribution in [-0.4, -0.2) is 0 Å². The Morgan fingerprint density at radius 3 is 0.495 bits per heavy atom. The molecule has 0 amide bonds. The van der Waals surface area contributed by atoms with Crippen molar-refractivity contribution in [1.29, 1.82) is 0 Å². The Kier molecular flexibility index (Phi) is 11.3. The third-order valence-electron chi connectivity index (χ3n) is 22.4. The van der Waals surface area contributed by atoms with Crippen LogP contribution in [0.15, 0.2) is 351 Å². The van der Waals surface area contributed by atoms with Gasteiger partial charge in [-0.15, -0.1) is 0 Å². The SMILES string of the molecule is c1ccc(-c2ccc3oc4cc5oc6ccc(C(c7ccc8oc9cc%10oc%11ccc(-c%12ccccc%12)cc%11c%10cc9c8c7)(c7ccc8oc9cc%10oc%11ccc(-c%12ccccc%12)cc%11c%10cc9c8c7)c7ccc8oc9cc%10oc%11ccc(-c%12ccccc%12)cc%11c%10cc9c8c7)cc6c5cc4c3c2)cc1. The van der Waals surface area contributed by atoms with Gasteiger partial charge in [-0.25, -0.2) is 0 Å². The van der Waals surface area contributed by atoms with Gasteiger partial charge in [-0.2, -0.15) is 0 Å². The summed E-state index contributed by atoms with van der Waals surface area (Å²) in [5, 5.41) is 15.8. The van der Waals surface area contributed by atoms with Crippen LogP contribution in [0.1, 0.15) is 22.3 Å². The summed E-state index contributed by atoms with van der Waals surface area (Å²) in [6.45, 7) is 0. The molecule has 488 valence electrons. The van der Waals surface area contributed by atoms with Crippen LogP contribution in [0.4, 0.5) is 0 Å². The molecule has 0 N–H and O–H groups in total. The van der Waals surface area contributed by atoms with E-state index in [4.69, 9.17) is 35.3 Å². The van der Waals surface area contributed by atoms with Crippen LogP contribution in [0.25, 0.3) is 220 Å². The first kappa shape index (κ1) is 56.6. The summed E-state index contributed by atoms with van der Waals surface area (Å²) in [5.41, 5.74) is 24.0. The van der Waals surface area contributed by atoms with Gasteiger partial charge in [0.05, 0.1) is 5.41 Å². The Hall–Kier alpha value is -14.1. The molecule has 0 aliphatic rings. The third-order valence-corrected chi connectivity index (χ3v) is 22.4. The van der Waals surface area contributed by atoms with Crippen molar-refractivity contribution in [1.82, 2.24) is 0 Å². The average Bonchev–Trinajstić information content (AvgIpc) is 1.67. The van der Waals surface area contributed by atoms with Gasteiger partial charge in [0, 0.05) is 110 Å². The smallest absolute Gasteiger partial charge is 0.139 e. The third kappa shape index (κ3) is 8.27. The van der Waals surface area contributed by atoms with Gasteiger partial charge in [-0.05, 0) is 188 Å². The lowest BCUT2D eigenvalue weighted by Gasteiger charge is -2.37. The summed E-state index contributed by atoms with van der Waals surface area (Å²) >= 11 is 0. The maximum Gasteiger partial charge on any atom is 0.139 e. The lowest BCUT2D eigenvalue weighted by atomic mass is 9.64. The summed E-state index contributed by atoms with van der Waals surface area (Å²) < 4.78 is 54.6. The van der Waals surface area contributed by atoms with Crippen molar-refractivity contribution in [2.45, 2.75) is 5.41 Å². The van der Waals surface area contributed by atoms with Crippen molar-refractivity contribution in [3.8, 4) is 44.5 Å². The fourth-order valence-electron chi connectivity index (χ4n) is 17.4. The van der Waals surface area contributed by atoms with Crippen LogP contribution in [0.2, 0.25) is 0 Å². The average molecular weight is 1350 g/mol. The maximum absolute atomic E-state index is 6.97. The minimum Gasteiger partial charge on any atom is -0.456 e. The van der Waals surface area contributed by atoms with Gasteiger partial charge < -0.3 is 35.3 Å². The number of furan rings is 8. The number of benzene rings is 16. The van der Waals surface area contributed by atoms with Crippen molar-refractivity contribution in [3.63, 3.8) is 0 Å². The molecule has 8 aromatic heterocycles. The van der Waals surface area contributed by atoms with Crippen LogP contribution >= 0.6 is 0 Å². The molecule has 0 aliphatic carbocycles. The maximum atomic E-state index is 6.97. The summed E-state index contributed by atoms with van der Waals surface area (Å²) in [4.78, 5) is 0. The number of hydrogen-bond donors (Lipinski definition) is 0. The summed E-state index contributed by atoms with van der Waals surface area (Å²) in [6.07, 6.45) is 0. The molecule has 0 fully saturated rings. The van der Waals surface area contributed by atoms with Gasteiger partial charge in [0.1, 0.15) is 89.3 Å². The van der Waals surface area contributed by atoms with Gasteiger partial charge in [0.25, 0.3) is 0 Å². The van der Waals surface area contributed by atoms with E-state index in [0.29, 0.717) is 0 Å². The molecule has 0 saturated carbocycles. The normalized spacial score (nSPS) is 12.6. The first-order valence-electron chi connectivity index (χ1n) is 35.4. The van der Waals surface area contributed by atoms with E-state index in [2.05, 4.69) is 315 Å². The quantitative estimate of drug-likeness (QED) is 0.139. The van der Waals surface area contributed by atoms with Crippen molar-refractivity contribution in [2.24, 2.45) is 0 Å². The molecule has 0 unspecified atom stereocenters. The zero-order valence-electron chi connectivity index (χ0n) is 55.8. The van der Waals surface area contributed by atoms with E-state index in [9.17, 15) is 0 Å². The van der Waals surface area contributed by atoms with Crippen molar-refractivity contribution in [2.75, 3.05) is 0 Å². The highest BCUT2D eigenvalue weighted by Crippen LogP contribution is 2.53. The molecule has 16 aromatic carbocycles. The van der Waals surface area contributed by atoms with E-state index in [0.717, 1.165) is 242 Å². The van der Waals surface area contributed by atoms with E-state index in [1.54, 1.807) is 0 Å². The highest BCUT2D eigenvalue weighted by molar-refractivity contribution is 6.21. The molecule has 0 saturated heterocycles. The number of fused-ring (bicyclic) bond motifs is 24. The molecule has 8 heterocycles. The Balaban J connectivity index is 0.798. The van der Waals surface area contributed by atoms with Gasteiger partial charge in [-0.3, -0.25) is 0 Å². The molecule has 24 aromatic rings. The molecule has 105 heavy (non-hydrogen) atoms. The van der Waals surface area contributed by atoms with Gasteiger partial charge >= 0.3 is 0 Å². The molecule has 0 bridgehead atoms. The van der Waals surface area contributed by atoms with Crippen molar-refractivity contribution in [3.05, 3.63) is 338 Å². The van der Waals surface area contributed by atoms with Crippen molar-refractivity contribution >= 4 is 176 Å². The molecule has 8 nitrogen and oxygen atoms in total. The molecular weight excluding hydrogens is 1290 g/mol. The highest BCUT2D eigenvalue weighted by atomic mass is 16.4. The van der Waals surface area contributed by atoms with E-state index in [1.165, 1.54) is 0 Å². The van der Waals surface area contributed by atoms with E-state index < -0.39 is 5.41 Å². The monoisotopic (exact) mass is 1340 g/mol. The minimum atomic E-state index is -1.13. The lowest BCUT2D eigenvalue weighted by molar-refractivity contribution is 0.655. The highest BCUT2D eigenvalue weighted by Gasteiger charge is 2.41. The molecule has 0 atom stereocenters. The largest absolute Gasteiger partial charge is 0.456 e. The predicted octanol–water partition coefficient (Wildman–Crippen LogP) is 27.9. The summed E-state index contributed by atoms with van der Waals surface area (Å²) in [7, 11) is 0. The first-order valence-corrected chi connectivity index (χ1v) is 35.4. The molecule has 0 radical (unpaired) electrons. The Bertz CT molecular complexity index is 6890. The van der Waals surface area contributed by atoms with Gasteiger partial charge in [0.15, 0.2) is 0 Å². The van der Waals surface area contributed by atoms with E-state index in [-0.39, 0.29) is 0 Å². The Labute approximate surface area is 594 Å². The fraction of sp³-hybridized carbons (Fsp3) is 0.0103. The van der Waals surface area contributed by atoms with E-state index >= 15 is 0 Å². The molecule has 0 spiro atoms. The molecule has 24 rings (SSSR count). The Morgan fingerprint density at radius 1 is 0.124 bits per heavy atom. The molecular formula is C97H52O8. The Morgan fingerprint density at radius 2 is 0.295 bits per heavy atom. The van der Waals surface area contributed by atoms with Crippen LogP contribution in [-0.2, 0) is 5.41 Å². The number of hydrogen-bond acceptors (Lipinski definition) is 8. The molecule has 8 heteroatoms. The fourth-order valence-corrected chi connectivity index (χ4v) is 17.4. The summed E-state index contributed by atoms with van der Waals surface area (Å²) in [6, 6.07) is 112. The van der Waals surface area contributed by atoms with Gasteiger partial charge in [-0.1, -0.05) is 170 Å². The topological polar surface area (TPSA) is 105 Å². The van der Waals surface area contributed by atoms with Crippen LogP contribution in [0, 0.1) is 0 Å². The van der Waals surface area contributed by atoms with Crippen LogP contribution < -0.4 is 0 Å². The standard InChI is InChI=1S/C97H52O8/c1-5-13-53(14-6-1)57-21-29-81-65(37-57)73-45-77-69-41-61(25-33-85(69)102-93(77)49-89(73)98-81)97(62-26-34-86-70(42-62)78-46-74-66-38-58(54-15-7-2-8-16-54)22-30-82(66)99-90(74)50-94(78)103-86,63-27-35-87-71(43-63)79-47-75-67-39-59(55-17-9-3-10-18-55)23-31-83(67)100-91(75)51-95(79)104-87)64-28-36-88-72(44-64)80-48-76-68-40-60(56-19-11-4-12-20-56)24-32-84(68)101-92(76)52-96(80)105-88/h1-52H. The first-order chi connectivity index (χ1) is 51.9. The van der Waals surface area contributed by atoms with Gasteiger partial charge in [0.2, 0.25) is 0 Å². The second-order valence-corrected chi connectivity index (χ2v) is 28.1.